The number of hydrogen-bond acceptors (Lipinski definition) is 4. The maximum Gasteiger partial charge on any atom is 0.327 e. The van der Waals surface area contributed by atoms with E-state index in [9.17, 15) is 9.90 Å². The van der Waals surface area contributed by atoms with Crippen LogP contribution in [-0.2, 0) is 16.0 Å². The van der Waals surface area contributed by atoms with Gasteiger partial charge in [-0.3, -0.25) is 0 Å². The van der Waals surface area contributed by atoms with Gasteiger partial charge in [-0.05, 0) is 18.1 Å². The summed E-state index contributed by atoms with van der Waals surface area (Å²) in [7, 11) is 1.35. The lowest BCUT2D eigenvalue weighted by Gasteiger charge is -2.25. The number of carbonyl (C=O) groups is 1. The van der Waals surface area contributed by atoms with Gasteiger partial charge in [0.05, 0.1) is 7.11 Å². The van der Waals surface area contributed by atoms with E-state index in [-0.39, 0.29) is 11.7 Å². The smallest absolute Gasteiger partial charge is 0.327 e. The molecular weight excluding hydrogens is 194 g/mol. The summed E-state index contributed by atoms with van der Waals surface area (Å²) >= 11 is 0. The van der Waals surface area contributed by atoms with Gasteiger partial charge >= 0.3 is 5.97 Å². The van der Waals surface area contributed by atoms with Gasteiger partial charge in [-0.2, -0.15) is 0 Å². The van der Waals surface area contributed by atoms with E-state index in [1.165, 1.54) is 7.11 Å². The Morgan fingerprint density at radius 1 is 1.60 bits per heavy atom. The van der Waals surface area contributed by atoms with Crippen molar-refractivity contribution in [3.05, 3.63) is 29.3 Å². The first-order valence-electron chi connectivity index (χ1n) is 4.86. The minimum Gasteiger partial charge on any atom is -0.508 e. The van der Waals surface area contributed by atoms with Gasteiger partial charge in [0.2, 0.25) is 0 Å². The minimum absolute atomic E-state index is 0.148. The number of fused-ring (bicyclic) bond motifs is 1. The SMILES string of the molecule is COC(=O)C1NCCc2cccc(O)c21. The summed E-state index contributed by atoms with van der Waals surface area (Å²) in [6.45, 7) is 0.718. The van der Waals surface area contributed by atoms with Gasteiger partial charge in [0.1, 0.15) is 11.8 Å². The van der Waals surface area contributed by atoms with Crippen LogP contribution >= 0.6 is 0 Å². The molecule has 15 heavy (non-hydrogen) atoms. The number of aromatic hydroxyl groups is 1. The van der Waals surface area contributed by atoms with E-state index in [0.717, 1.165) is 18.5 Å². The molecule has 4 nitrogen and oxygen atoms in total. The molecule has 80 valence electrons. The fraction of sp³-hybridized carbons (Fsp3) is 0.364. The molecule has 1 aromatic carbocycles. The van der Waals surface area contributed by atoms with Crippen molar-refractivity contribution < 1.29 is 14.6 Å². The first-order valence-corrected chi connectivity index (χ1v) is 4.86. The highest BCUT2D eigenvalue weighted by molar-refractivity contribution is 5.79. The molecule has 2 N–H and O–H groups in total. The van der Waals surface area contributed by atoms with Crippen molar-refractivity contribution in [1.29, 1.82) is 0 Å². The Morgan fingerprint density at radius 3 is 3.13 bits per heavy atom. The molecule has 2 rings (SSSR count). The number of phenols is 1. The highest BCUT2D eigenvalue weighted by Gasteiger charge is 2.29. The monoisotopic (exact) mass is 207 g/mol. The van der Waals surface area contributed by atoms with Crippen molar-refractivity contribution in [2.75, 3.05) is 13.7 Å². The molecule has 4 heteroatoms. The first kappa shape index (κ1) is 9.98. The molecule has 0 radical (unpaired) electrons. The molecule has 0 fully saturated rings. The van der Waals surface area contributed by atoms with E-state index in [2.05, 4.69) is 10.1 Å². The number of benzene rings is 1. The van der Waals surface area contributed by atoms with Crippen LogP contribution in [0.25, 0.3) is 0 Å². The van der Waals surface area contributed by atoms with Gasteiger partial charge in [-0.1, -0.05) is 12.1 Å². The number of rotatable bonds is 1. The highest BCUT2D eigenvalue weighted by Crippen LogP contribution is 2.31. The van der Waals surface area contributed by atoms with Crippen LogP contribution < -0.4 is 5.32 Å². The van der Waals surface area contributed by atoms with Crippen molar-refractivity contribution in [1.82, 2.24) is 5.32 Å². The Hall–Kier alpha value is -1.55. The van der Waals surface area contributed by atoms with E-state index in [1.807, 2.05) is 6.07 Å². The van der Waals surface area contributed by atoms with E-state index in [4.69, 9.17) is 0 Å². The lowest BCUT2D eigenvalue weighted by Crippen LogP contribution is -2.35. The van der Waals surface area contributed by atoms with Crippen molar-refractivity contribution >= 4 is 5.97 Å². The van der Waals surface area contributed by atoms with Crippen LogP contribution in [0.1, 0.15) is 17.2 Å². The molecule has 1 heterocycles. The van der Waals surface area contributed by atoms with Crippen molar-refractivity contribution in [3.8, 4) is 5.75 Å². The zero-order valence-electron chi connectivity index (χ0n) is 8.49. The second-order valence-electron chi connectivity index (χ2n) is 3.51. The number of ether oxygens (including phenoxy) is 1. The Balaban J connectivity index is 2.45. The van der Waals surface area contributed by atoms with E-state index in [1.54, 1.807) is 12.1 Å². The molecule has 0 amide bonds. The molecular formula is C11H13NO3. The fourth-order valence-corrected chi connectivity index (χ4v) is 1.92. The number of esters is 1. The Kier molecular flexibility index (Phi) is 2.60. The summed E-state index contributed by atoms with van der Waals surface area (Å²) in [5.41, 5.74) is 1.65. The normalized spacial score (nSPS) is 19.4. The summed E-state index contributed by atoms with van der Waals surface area (Å²) < 4.78 is 4.69. The Morgan fingerprint density at radius 2 is 2.40 bits per heavy atom. The molecule has 1 atom stereocenters. The van der Waals surface area contributed by atoms with Gasteiger partial charge in [0, 0.05) is 12.1 Å². The summed E-state index contributed by atoms with van der Waals surface area (Å²) in [6.07, 6.45) is 0.817. The first-order chi connectivity index (χ1) is 7.24. The molecule has 0 aliphatic carbocycles. The van der Waals surface area contributed by atoms with Crippen molar-refractivity contribution in [2.45, 2.75) is 12.5 Å². The maximum absolute atomic E-state index is 11.5. The fourth-order valence-electron chi connectivity index (χ4n) is 1.92. The average molecular weight is 207 g/mol. The van der Waals surface area contributed by atoms with Crippen LogP contribution in [0.15, 0.2) is 18.2 Å². The van der Waals surface area contributed by atoms with Crippen LogP contribution in [0.3, 0.4) is 0 Å². The number of nitrogens with one attached hydrogen (secondary N) is 1. The molecule has 0 spiro atoms. The van der Waals surface area contributed by atoms with Gasteiger partial charge < -0.3 is 15.2 Å². The molecule has 0 aromatic heterocycles. The van der Waals surface area contributed by atoms with Crippen LogP contribution in [0.5, 0.6) is 5.75 Å². The quantitative estimate of drug-likeness (QED) is 0.667. The maximum atomic E-state index is 11.5. The van der Waals surface area contributed by atoms with E-state index in [0.29, 0.717) is 5.56 Å². The largest absolute Gasteiger partial charge is 0.508 e. The number of phenolic OH excluding ortho intramolecular Hbond substituents is 1. The molecule has 0 bridgehead atoms. The third-order valence-corrected chi connectivity index (χ3v) is 2.64. The average Bonchev–Trinajstić information content (AvgIpc) is 2.28. The molecule has 1 aliphatic heterocycles. The molecule has 0 saturated heterocycles. The number of methoxy groups -OCH3 is 1. The van der Waals surface area contributed by atoms with Crippen molar-refractivity contribution in [2.24, 2.45) is 0 Å². The van der Waals surface area contributed by atoms with Crippen LogP contribution in [0, 0.1) is 0 Å². The molecule has 1 aromatic rings. The van der Waals surface area contributed by atoms with Crippen molar-refractivity contribution in [3.63, 3.8) is 0 Å². The van der Waals surface area contributed by atoms with E-state index < -0.39 is 6.04 Å². The third kappa shape index (κ3) is 1.68. The predicted molar refractivity (Wildman–Crippen MR) is 54.6 cm³/mol. The summed E-state index contributed by atoms with van der Waals surface area (Å²) in [5.74, 6) is -0.215. The predicted octanol–water partition coefficient (Wildman–Crippen LogP) is 0.752. The number of carbonyl (C=O) groups excluding carboxylic acids is 1. The third-order valence-electron chi connectivity index (χ3n) is 2.64. The molecule has 1 unspecified atom stereocenters. The Bertz CT molecular complexity index is 389. The lowest BCUT2D eigenvalue weighted by atomic mass is 9.93. The molecule has 0 saturated carbocycles. The van der Waals surface area contributed by atoms with Crippen LogP contribution in [-0.4, -0.2) is 24.7 Å². The minimum atomic E-state index is -0.542. The van der Waals surface area contributed by atoms with Gasteiger partial charge in [0.15, 0.2) is 0 Å². The second-order valence-corrected chi connectivity index (χ2v) is 3.51. The van der Waals surface area contributed by atoms with Gasteiger partial charge in [0.25, 0.3) is 0 Å². The topological polar surface area (TPSA) is 58.6 Å². The molecule has 1 aliphatic rings. The summed E-state index contributed by atoms with van der Waals surface area (Å²) in [4.78, 5) is 11.5. The zero-order valence-corrected chi connectivity index (χ0v) is 8.49. The summed E-state index contributed by atoms with van der Waals surface area (Å²) in [6, 6.07) is 4.75. The highest BCUT2D eigenvalue weighted by atomic mass is 16.5. The van der Waals surface area contributed by atoms with Crippen LogP contribution in [0.4, 0.5) is 0 Å². The number of hydrogen-bond donors (Lipinski definition) is 2. The Labute approximate surface area is 87.9 Å². The second kappa shape index (κ2) is 3.90. The van der Waals surface area contributed by atoms with Gasteiger partial charge in [-0.15, -0.1) is 0 Å². The van der Waals surface area contributed by atoms with E-state index >= 15 is 0 Å². The summed E-state index contributed by atoms with van der Waals surface area (Å²) in [5, 5.41) is 12.8. The zero-order chi connectivity index (χ0) is 10.8. The van der Waals surface area contributed by atoms with Gasteiger partial charge in [-0.25, -0.2) is 4.79 Å². The lowest BCUT2D eigenvalue weighted by molar-refractivity contribution is -0.143. The standard InChI is InChI=1S/C11H13NO3/c1-15-11(14)10-9-7(5-6-12-10)3-2-4-8(9)13/h2-4,10,12-13H,5-6H2,1H3. The van der Waals surface area contributed by atoms with Crippen LogP contribution in [0.2, 0.25) is 0 Å².